The molecule has 1 unspecified atom stereocenters. The van der Waals surface area contributed by atoms with E-state index < -0.39 is 27.7 Å². The number of rotatable bonds is 5. The molecule has 2 N–H and O–H groups in total. The lowest BCUT2D eigenvalue weighted by Crippen LogP contribution is -2.06. The molecule has 3 aromatic rings. The highest BCUT2D eigenvalue weighted by Gasteiger charge is 2.17. The molecule has 0 saturated heterocycles. The molecule has 7 heteroatoms. The van der Waals surface area contributed by atoms with Crippen molar-refractivity contribution in [1.82, 2.24) is 0 Å². The Labute approximate surface area is 155 Å². The van der Waals surface area contributed by atoms with Crippen LogP contribution in [0.1, 0.15) is 22.8 Å². The molecular weight excluding hydrogens is 371 g/mol. The number of aliphatic carboxylic acids is 1. The van der Waals surface area contributed by atoms with Gasteiger partial charge in [-0.2, -0.15) is 0 Å². The second-order valence-electron chi connectivity index (χ2n) is 6.36. The summed E-state index contributed by atoms with van der Waals surface area (Å²) in [6, 6.07) is 13.0. The van der Waals surface area contributed by atoms with Crippen LogP contribution >= 0.6 is 0 Å². The van der Waals surface area contributed by atoms with Crippen LogP contribution in [0.15, 0.2) is 59.5 Å². The number of hydrogen-bond donors (Lipinski definition) is 2. The maximum Gasteiger partial charge on any atom is 0.307 e. The summed E-state index contributed by atoms with van der Waals surface area (Å²) >= 11 is 0. The first kappa shape index (κ1) is 19.0. The number of halogens is 1. The molecule has 1 atom stereocenters. The van der Waals surface area contributed by atoms with Crippen LogP contribution in [0.2, 0.25) is 0 Å². The fourth-order valence-electron chi connectivity index (χ4n) is 3.00. The van der Waals surface area contributed by atoms with Crippen LogP contribution in [0.25, 0.3) is 10.8 Å². The highest BCUT2D eigenvalue weighted by Crippen LogP contribution is 2.31. The van der Waals surface area contributed by atoms with Crippen molar-refractivity contribution < 1.29 is 27.8 Å². The second kappa shape index (κ2) is 7.09. The molecule has 0 saturated carbocycles. The van der Waals surface area contributed by atoms with Gasteiger partial charge in [0.1, 0.15) is 11.9 Å². The lowest BCUT2D eigenvalue weighted by atomic mass is 9.93. The van der Waals surface area contributed by atoms with Crippen molar-refractivity contribution in [3.05, 3.63) is 77.1 Å². The average molecular weight is 388 g/mol. The third-order valence-corrected chi connectivity index (χ3v) is 5.41. The van der Waals surface area contributed by atoms with Crippen molar-refractivity contribution in [2.24, 2.45) is 0 Å². The molecular formula is C20H17FO5S. The Kier molecular flexibility index (Phi) is 4.99. The van der Waals surface area contributed by atoms with Gasteiger partial charge >= 0.3 is 5.97 Å². The monoisotopic (exact) mass is 388 g/mol. The Balaban J connectivity index is 2.13. The second-order valence-corrected chi connectivity index (χ2v) is 8.38. The summed E-state index contributed by atoms with van der Waals surface area (Å²) in [7, 11) is -3.37. The molecule has 0 radical (unpaired) electrons. The van der Waals surface area contributed by atoms with Gasteiger partial charge in [-0.25, -0.2) is 12.8 Å². The lowest BCUT2D eigenvalue weighted by Gasteiger charge is -2.16. The van der Waals surface area contributed by atoms with Crippen LogP contribution < -0.4 is 0 Å². The summed E-state index contributed by atoms with van der Waals surface area (Å²) in [5, 5.41) is 20.9. The number of carboxylic acid groups (broad SMARTS) is 1. The number of carbonyl (C=O) groups is 1. The molecule has 0 aliphatic heterocycles. The van der Waals surface area contributed by atoms with Gasteiger partial charge in [0.25, 0.3) is 0 Å². The minimum Gasteiger partial charge on any atom is -0.481 e. The normalized spacial score (nSPS) is 12.9. The number of carboxylic acids is 1. The fraction of sp³-hybridized carbons (Fsp3) is 0.150. The van der Waals surface area contributed by atoms with Crippen LogP contribution in [-0.4, -0.2) is 30.9 Å². The molecule has 0 spiro atoms. The number of hydrogen-bond acceptors (Lipinski definition) is 4. The van der Waals surface area contributed by atoms with Gasteiger partial charge in [0.05, 0.1) is 11.3 Å². The van der Waals surface area contributed by atoms with Crippen molar-refractivity contribution in [3.8, 4) is 0 Å². The van der Waals surface area contributed by atoms with E-state index in [1.807, 2.05) is 0 Å². The van der Waals surface area contributed by atoms with E-state index in [1.54, 1.807) is 6.07 Å². The summed E-state index contributed by atoms with van der Waals surface area (Å²) in [4.78, 5) is 11.2. The molecule has 0 heterocycles. The van der Waals surface area contributed by atoms with Crippen LogP contribution in [0.3, 0.4) is 0 Å². The van der Waals surface area contributed by atoms with Crippen molar-refractivity contribution in [2.45, 2.75) is 17.4 Å². The standard InChI is InChI=1S/C20H17FO5S/c1-27(25,26)16-6-3-13(4-7-16)20(24)18-9-12(10-19(22)23)8-14-2-5-15(21)11-17(14)18/h2-9,11,20,24H,10H2,1H3,(H,22,23). The van der Waals surface area contributed by atoms with Crippen LogP contribution in [0.4, 0.5) is 4.39 Å². The molecule has 0 fully saturated rings. The number of fused-ring (bicyclic) bond motifs is 1. The number of benzene rings is 3. The quantitative estimate of drug-likeness (QED) is 0.701. The summed E-state index contributed by atoms with van der Waals surface area (Å²) in [6.07, 6.45) is -0.318. The Morgan fingerprint density at radius 3 is 2.33 bits per heavy atom. The molecule has 3 aromatic carbocycles. The zero-order valence-electron chi connectivity index (χ0n) is 14.4. The molecule has 27 heavy (non-hydrogen) atoms. The van der Waals surface area contributed by atoms with Gasteiger partial charge in [0, 0.05) is 6.26 Å². The Morgan fingerprint density at radius 1 is 1.07 bits per heavy atom. The van der Waals surface area contributed by atoms with Gasteiger partial charge in [-0.3, -0.25) is 4.79 Å². The highest BCUT2D eigenvalue weighted by atomic mass is 32.2. The van der Waals surface area contributed by atoms with Gasteiger partial charge in [-0.15, -0.1) is 0 Å². The zero-order valence-corrected chi connectivity index (χ0v) is 15.2. The zero-order chi connectivity index (χ0) is 19.8. The fourth-order valence-corrected chi connectivity index (χ4v) is 3.63. The van der Waals surface area contributed by atoms with E-state index in [1.165, 1.54) is 48.5 Å². The number of sulfone groups is 1. The van der Waals surface area contributed by atoms with E-state index in [0.29, 0.717) is 27.5 Å². The SMILES string of the molecule is CS(=O)(=O)c1ccc(C(O)c2cc(CC(=O)O)cc3ccc(F)cc23)cc1. The number of aliphatic hydroxyl groups excluding tert-OH is 1. The lowest BCUT2D eigenvalue weighted by molar-refractivity contribution is -0.136. The van der Waals surface area contributed by atoms with Gasteiger partial charge in [-0.05, 0) is 51.7 Å². The highest BCUT2D eigenvalue weighted by molar-refractivity contribution is 7.90. The van der Waals surface area contributed by atoms with Crippen LogP contribution in [-0.2, 0) is 21.1 Å². The largest absolute Gasteiger partial charge is 0.481 e. The Hall–Kier alpha value is -2.77. The van der Waals surface area contributed by atoms with Crippen molar-refractivity contribution in [3.63, 3.8) is 0 Å². The first-order valence-electron chi connectivity index (χ1n) is 8.07. The van der Waals surface area contributed by atoms with E-state index in [-0.39, 0.29) is 11.3 Å². The molecule has 0 bridgehead atoms. The van der Waals surface area contributed by atoms with E-state index >= 15 is 0 Å². The van der Waals surface area contributed by atoms with E-state index in [0.717, 1.165) is 6.26 Å². The maximum atomic E-state index is 13.7. The average Bonchev–Trinajstić information content (AvgIpc) is 2.59. The first-order valence-corrected chi connectivity index (χ1v) is 9.96. The smallest absolute Gasteiger partial charge is 0.307 e. The van der Waals surface area contributed by atoms with Gasteiger partial charge in [0.2, 0.25) is 0 Å². The minimum atomic E-state index is -3.37. The van der Waals surface area contributed by atoms with E-state index in [2.05, 4.69) is 0 Å². The summed E-state index contributed by atoms with van der Waals surface area (Å²) < 4.78 is 36.9. The third-order valence-electron chi connectivity index (χ3n) is 4.28. The molecule has 5 nitrogen and oxygen atoms in total. The molecule has 0 aliphatic carbocycles. The Bertz CT molecular complexity index is 1120. The van der Waals surface area contributed by atoms with Gasteiger partial charge < -0.3 is 10.2 Å². The van der Waals surface area contributed by atoms with E-state index in [9.17, 15) is 22.7 Å². The topological polar surface area (TPSA) is 91.7 Å². The summed E-state index contributed by atoms with van der Waals surface area (Å²) in [6.45, 7) is 0. The van der Waals surface area contributed by atoms with Gasteiger partial charge in [-0.1, -0.05) is 30.3 Å². The number of aliphatic hydroxyl groups is 1. The van der Waals surface area contributed by atoms with Gasteiger partial charge in [0.15, 0.2) is 9.84 Å². The summed E-state index contributed by atoms with van der Waals surface area (Å²) in [5.41, 5.74) is 1.25. The molecule has 0 aromatic heterocycles. The van der Waals surface area contributed by atoms with Crippen molar-refractivity contribution in [2.75, 3.05) is 6.26 Å². The predicted octanol–water partition coefficient (Wildman–Crippen LogP) is 3.09. The molecule has 3 rings (SSSR count). The van der Waals surface area contributed by atoms with Crippen molar-refractivity contribution in [1.29, 1.82) is 0 Å². The van der Waals surface area contributed by atoms with Crippen LogP contribution in [0, 0.1) is 5.82 Å². The van der Waals surface area contributed by atoms with Crippen LogP contribution in [0.5, 0.6) is 0 Å². The minimum absolute atomic E-state index is 0.119. The molecule has 0 amide bonds. The van der Waals surface area contributed by atoms with Crippen molar-refractivity contribution >= 4 is 26.6 Å². The molecule has 140 valence electrons. The Morgan fingerprint density at radius 2 is 1.74 bits per heavy atom. The summed E-state index contributed by atoms with van der Waals surface area (Å²) in [5.74, 6) is -1.50. The first-order chi connectivity index (χ1) is 12.6. The maximum absolute atomic E-state index is 13.7. The van der Waals surface area contributed by atoms with E-state index in [4.69, 9.17) is 5.11 Å². The predicted molar refractivity (Wildman–Crippen MR) is 98.9 cm³/mol. The molecule has 0 aliphatic rings. The third kappa shape index (κ3) is 4.15.